The van der Waals surface area contributed by atoms with Crippen LogP contribution in [0.1, 0.15) is 22.3 Å². The van der Waals surface area contributed by atoms with Crippen LogP contribution in [-0.2, 0) is 10.1 Å². The highest BCUT2D eigenvalue weighted by molar-refractivity contribution is 7.87. The zero-order valence-electron chi connectivity index (χ0n) is 12.0. The van der Waals surface area contributed by atoms with Gasteiger partial charge in [-0.05, 0) is 56.2 Å². The molecule has 0 aromatic heterocycles. The van der Waals surface area contributed by atoms with Crippen molar-refractivity contribution in [1.82, 2.24) is 0 Å². The fourth-order valence-corrected chi connectivity index (χ4v) is 2.94. The molecule has 0 aliphatic carbocycles. The molecule has 0 N–H and O–H groups in total. The van der Waals surface area contributed by atoms with E-state index in [1.807, 2.05) is 6.92 Å². The van der Waals surface area contributed by atoms with Gasteiger partial charge in [0.1, 0.15) is 10.6 Å². The van der Waals surface area contributed by atoms with E-state index in [0.29, 0.717) is 16.7 Å². The highest BCUT2D eigenvalue weighted by Crippen LogP contribution is 2.24. The van der Waals surface area contributed by atoms with Crippen molar-refractivity contribution in [3.05, 3.63) is 58.7 Å². The summed E-state index contributed by atoms with van der Waals surface area (Å²) in [6.07, 6.45) is 0. The highest BCUT2D eigenvalue weighted by Gasteiger charge is 2.17. The Kier molecular flexibility index (Phi) is 4.01. The minimum Gasteiger partial charge on any atom is -0.379 e. The smallest absolute Gasteiger partial charge is 0.339 e. The Morgan fingerprint density at radius 2 is 1.52 bits per heavy atom. The van der Waals surface area contributed by atoms with Gasteiger partial charge in [0.25, 0.3) is 0 Å². The Hall–Kier alpha value is -2.32. The van der Waals surface area contributed by atoms with Crippen LogP contribution in [0, 0.1) is 32.1 Å². The Morgan fingerprint density at radius 1 is 1.00 bits per heavy atom. The summed E-state index contributed by atoms with van der Waals surface area (Å²) < 4.78 is 29.6. The SMILES string of the molecule is Cc1ccc(S(=O)(=O)Oc2cc(C)c(C#N)c(C)c2)cc1. The lowest BCUT2D eigenvalue weighted by molar-refractivity contribution is 0.485. The van der Waals surface area contributed by atoms with E-state index >= 15 is 0 Å². The quantitative estimate of drug-likeness (QED) is 0.816. The van der Waals surface area contributed by atoms with Gasteiger partial charge in [0.05, 0.1) is 11.6 Å². The number of aryl methyl sites for hydroxylation is 3. The molecule has 2 rings (SSSR count). The molecule has 108 valence electrons. The van der Waals surface area contributed by atoms with Crippen molar-refractivity contribution >= 4 is 10.1 Å². The van der Waals surface area contributed by atoms with E-state index in [0.717, 1.165) is 5.56 Å². The van der Waals surface area contributed by atoms with Gasteiger partial charge in [-0.1, -0.05) is 17.7 Å². The first-order chi connectivity index (χ1) is 9.83. The topological polar surface area (TPSA) is 67.2 Å². The van der Waals surface area contributed by atoms with Crippen molar-refractivity contribution in [3.63, 3.8) is 0 Å². The lowest BCUT2D eigenvalue weighted by atomic mass is 10.0. The van der Waals surface area contributed by atoms with Gasteiger partial charge in [-0.25, -0.2) is 0 Å². The number of hydrogen-bond acceptors (Lipinski definition) is 4. The first-order valence-corrected chi connectivity index (χ1v) is 7.77. The van der Waals surface area contributed by atoms with E-state index in [2.05, 4.69) is 6.07 Å². The maximum Gasteiger partial charge on any atom is 0.339 e. The number of hydrogen-bond donors (Lipinski definition) is 0. The van der Waals surface area contributed by atoms with E-state index in [1.165, 1.54) is 12.1 Å². The van der Waals surface area contributed by atoms with Gasteiger partial charge in [0, 0.05) is 0 Å². The van der Waals surface area contributed by atoms with Crippen LogP contribution in [0.5, 0.6) is 5.75 Å². The molecule has 0 spiro atoms. The Morgan fingerprint density at radius 3 is 2.00 bits per heavy atom. The van der Waals surface area contributed by atoms with Gasteiger partial charge in [-0.3, -0.25) is 0 Å². The summed E-state index contributed by atoms with van der Waals surface area (Å²) in [4.78, 5) is 0.104. The first kappa shape index (κ1) is 15.1. The van der Waals surface area contributed by atoms with Gasteiger partial charge in [-0.15, -0.1) is 0 Å². The second kappa shape index (κ2) is 5.58. The van der Waals surface area contributed by atoms with E-state index in [-0.39, 0.29) is 10.6 Å². The van der Waals surface area contributed by atoms with Gasteiger partial charge in [-0.2, -0.15) is 13.7 Å². The monoisotopic (exact) mass is 301 g/mol. The lowest BCUT2D eigenvalue weighted by Crippen LogP contribution is -2.10. The normalized spacial score (nSPS) is 11.0. The Balaban J connectivity index is 2.38. The predicted molar refractivity (Wildman–Crippen MR) is 79.6 cm³/mol. The molecular formula is C16H15NO3S. The third-order valence-electron chi connectivity index (χ3n) is 3.13. The zero-order chi connectivity index (χ0) is 15.6. The Bertz CT molecular complexity index is 793. The number of benzene rings is 2. The van der Waals surface area contributed by atoms with Gasteiger partial charge in [0.2, 0.25) is 0 Å². The van der Waals surface area contributed by atoms with Gasteiger partial charge >= 0.3 is 10.1 Å². The summed E-state index contributed by atoms with van der Waals surface area (Å²) >= 11 is 0. The zero-order valence-corrected chi connectivity index (χ0v) is 12.9. The molecule has 0 heterocycles. The van der Waals surface area contributed by atoms with Crippen LogP contribution >= 0.6 is 0 Å². The van der Waals surface area contributed by atoms with Crippen molar-refractivity contribution in [3.8, 4) is 11.8 Å². The van der Waals surface area contributed by atoms with Crippen LogP contribution in [0.3, 0.4) is 0 Å². The molecule has 0 atom stereocenters. The fraction of sp³-hybridized carbons (Fsp3) is 0.188. The van der Waals surface area contributed by atoms with Crippen molar-refractivity contribution in [2.75, 3.05) is 0 Å². The molecule has 5 heteroatoms. The van der Waals surface area contributed by atoms with E-state index in [1.54, 1.807) is 38.1 Å². The van der Waals surface area contributed by atoms with Crippen LogP contribution in [0.25, 0.3) is 0 Å². The van der Waals surface area contributed by atoms with Crippen molar-refractivity contribution < 1.29 is 12.6 Å². The van der Waals surface area contributed by atoms with E-state index in [4.69, 9.17) is 9.44 Å². The number of rotatable bonds is 3. The van der Waals surface area contributed by atoms with Crippen LogP contribution < -0.4 is 4.18 Å². The predicted octanol–water partition coefficient (Wildman–Crippen LogP) is 3.25. The summed E-state index contributed by atoms with van der Waals surface area (Å²) in [5.74, 6) is 0.213. The molecule has 0 saturated heterocycles. The van der Waals surface area contributed by atoms with Crippen LogP contribution in [0.2, 0.25) is 0 Å². The Labute approximate surface area is 124 Å². The summed E-state index contributed by atoms with van der Waals surface area (Å²) in [5, 5.41) is 9.02. The standard InChI is InChI=1S/C16H15NO3S/c1-11-4-6-15(7-5-11)21(18,19)20-14-8-12(2)16(10-17)13(3)9-14/h4-9H,1-3H3. The lowest BCUT2D eigenvalue weighted by Gasteiger charge is -2.10. The second-order valence-electron chi connectivity index (χ2n) is 4.89. The fourth-order valence-electron chi connectivity index (χ4n) is 2.03. The molecule has 0 fully saturated rings. The minimum atomic E-state index is -3.87. The maximum atomic E-state index is 12.2. The molecular weight excluding hydrogens is 286 g/mol. The number of nitrogens with zero attached hydrogens (tertiary/aromatic N) is 1. The molecule has 4 nitrogen and oxygen atoms in total. The van der Waals surface area contributed by atoms with Crippen molar-refractivity contribution in [2.24, 2.45) is 0 Å². The average Bonchev–Trinajstić information content (AvgIpc) is 2.38. The summed E-state index contributed by atoms with van der Waals surface area (Å²) in [5.41, 5.74) is 2.88. The minimum absolute atomic E-state index is 0.104. The molecule has 2 aromatic rings. The third-order valence-corrected chi connectivity index (χ3v) is 4.39. The summed E-state index contributed by atoms with van der Waals surface area (Å²) in [6.45, 7) is 5.37. The molecule has 0 bridgehead atoms. The summed E-state index contributed by atoms with van der Waals surface area (Å²) in [6, 6.07) is 11.6. The maximum absolute atomic E-state index is 12.2. The average molecular weight is 301 g/mol. The van der Waals surface area contributed by atoms with Crippen molar-refractivity contribution in [2.45, 2.75) is 25.7 Å². The third kappa shape index (κ3) is 3.23. The largest absolute Gasteiger partial charge is 0.379 e. The number of nitriles is 1. The molecule has 0 amide bonds. The van der Waals surface area contributed by atoms with Crippen molar-refractivity contribution in [1.29, 1.82) is 5.26 Å². The van der Waals surface area contributed by atoms with Crippen LogP contribution in [0.15, 0.2) is 41.3 Å². The molecule has 0 aliphatic rings. The molecule has 2 aromatic carbocycles. The van der Waals surface area contributed by atoms with E-state index < -0.39 is 10.1 Å². The molecule has 0 saturated carbocycles. The first-order valence-electron chi connectivity index (χ1n) is 6.36. The molecule has 0 aliphatic heterocycles. The van der Waals surface area contributed by atoms with Crippen LogP contribution in [0.4, 0.5) is 0 Å². The van der Waals surface area contributed by atoms with Crippen LogP contribution in [-0.4, -0.2) is 8.42 Å². The highest BCUT2D eigenvalue weighted by atomic mass is 32.2. The van der Waals surface area contributed by atoms with E-state index in [9.17, 15) is 8.42 Å². The van der Waals surface area contributed by atoms with Gasteiger partial charge in [0.15, 0.2) is 0 Å². The van der Waals surface area contributed by atoms with Gasteiger partial charge < -0.3 is 4.18 Å². The molecule has 0 radical (unpaired) electrons. The summed E-state index contributed by atoms with van der Waals surface area (Å²) in [7, 11) is -3.87. The molecule has 0 unspecified atom stereocenters. The second-order valence-corrected chi connectivity index (χ2v) is 6.44. The molecule has 21 heavy (non-hydrogen) atoms.